The summed E-state index contributed by atoms with van der Waals surface area (Å²) in [5, 5.41) is 7.06. The molecule has 0 aliphatic carbocycles. The van der Waals surface area contributed by atoms with Gasteiger partial charge in [0.05, 0.1) is 23.6 Å². The van der Waals surface area contributed by atoms with Gasteiger partial charge in [-0.25, -0.2) is 9.07 Å². The molecular weight excluding hydrogens is 395 g/mol. The maximum absolute atomic E-state index is 14.1. The highest BCUT2D eigenvalue weighted by Crippen LogP contribution is 2.20. The molecule has 0 fully saturated rings. The summed E-state index contributed by atoms with van der Waals surface area (Å²) in [5.41, 5.74) is 8.49. The average molecular weight is 414 g/mol. The van der Waals surface area contributed by atoms with Crippen molar-refractivity contribution < 1.29 is 9.18 Å². The number of para-hydroxylation sites is 2. The third kappa shape index (κ3) is 4.51. The molecule has 0 saturated heterocycles. The lowest BCUT2D eigenvalue weighted by molar-refractivity contribution is 0.102. The first-order valence-corrected chi connectivity index (χ1v) is 9.59. The molecule has 7 heteroatoms. The van der Waals surface area contributed by atoms with Crippen molar-refractivity contribution in [2.24, 2.45) is 0 Å². The normalized spacial score (nSPS) is 10.6. The van der Waals surface area contributed by atoms with Crippen molar-refractivity contribution >= 4 is 17.3 Å². The molecule has 0 aliphatic heterocycles. The topological polar surface area (TPSA) is 90.0 Å². The van der Waals surface area contributed by atoms with Crippen LogP contribution in [0.3, 0.4) is 0 Å². The van der Waals surface area contributed by atoms with Crippen LogP contribution in [0.15, 0.2) is 89.7 Å². The quantitative estimate of drug-likeness (QED) is 0.484. The van der Waals surface area contributed by atoms with Crippen LogP contribution in [0.2, 0.25) is 0 Å². The molecule has 154 valence electrons. The van der Waals surface area contributed by atoms with E-state index in [1.54, 1.807) is 66.7 Å². The number of nitrogens with zero attached hydrogens (tertiary/aromatic N) is 2. The highest BCUT2D eigenvalue weighted by Gasteiger charge is 2.10. The van der Waals surface area contributed by atoms with Crippen molar-refractivity contribution in [2.45, 2.75) is 6.54 Å². The second-order valence-corrected chi connectivity index (χ2v) is 6.93. The van der Waals surface area contributed by atoms with Gasteiger partial charge in [0.1, 0.15) is 5.82 Å². The number of aromatic nitrogens is 2. The SMILES string of the molecule is Nc1ccccc1NC(=O)c1ccc(Cn2nc(-c3ccccc3F)ccc2=O)cc1. The largest absolute Gasteiger partial charge is 0.397 e. The van der Waals surface area contributed by atoms with Crippen LogP contribution < -0.4 is 16.6 Å². The molecular formula is C24H19FN4O2. The first-order chi connectivity index (χ1) is 15.0. The third-order valence-electron chi connectivity index (χ3n) is 4.77. The van der Waals surface area contributed by atoms with Crippen LogP contribution in [-0.4, -0.2) is 15.7 Å². The number of anilines is 2. The fourth-order valence-electron chi connectivity index (χ4n) is 3.11. The molecule has 0 radical (unpaired) electrons. The number of rotatable bonds is 5. The van der Waals surface area contributed by atoms with Gasteiger partial charge in [-0.15, -0.1) is 0 Å². The first kappa shape index (κ1) is 20.0. The van der Waals surface area contributed by atoms with Gasteiger partial charge in [0.2, 0.25) is 0 Å². The molecule has 3 aromatic carbocycles. The summed E-state index contributed by atoms with van der Waals surface area (Å²) < 4.78 is 15.3. The van der Waals surface area contributed by atoms with Gasteiger partial charge in [-0.3, -0.25) is 9.59 Å². The predicted molar refractivity (Wildman–Crippen MR) is 118 cm³/mol. The molecule has 0 bridgehead atoms. The Morgan fingerprint density at radius 2 is 1.65 bits per heavy atom. The fraction of sp³-hybridized carbons (Fsp3) is 0.0417. The standard InChI is InChI=1S/C24H19FN4O2/c25-19-6-2-1-5-18(19)21-13-14-23(30)29(28-21)15-16-9-11-17(12-10-16)24(31)27-22-8-4-3-7-20(22)26/h1-14H,15,26H2,(H,27,31). The number of amides is 1. The number of carbonyl (C=O) groups is 1. The Labute approximate surface area is 177 Å². The van der Waals surface area contributed by atoms with Gasteiger partial charge < -0.3 is 11.1 Å². The first-order valence-electron chi connectivity index (χ1n) is 9.59. The van der Waals surface area contributed by atoms with E-state index in [2.05, 4.69) is 10.4 Å². The number of halogens is 1. The molecule has 0 saturated carbocycles. The number of carbonyl (C=O) groups excluding carboxylic acids is 1. The van der Waals surface area contributed by atoms with E-state index in [4.69, 9.17) is 5.73 Å². The number of nitrogens with two attached hydrogens (primary N) is 1. The van der Waals surface area contributed by atoms with Gasteiger partial charge in [-0.05, 0) is 48.0 Å². The summed E-state index contributed by atoms with van der Waals surface area (Å²) in [5.74, 6) is -0.698. The summed E-state index contributed by atoms with van der Waals surface area (Å²) in [6.45, 7) is 0.189. The maximum Gasteiger partial charge on any atom is 0.267 e. The van der Waals surface area contributed by atoms with Crippen molar-refractivity contribution in [1.82, 2.24) is 9.78 Å². The van der Waals surface area contributed by atoms with E-state index in [9.17, 15) is 14.0 Å². The number of hydrogen-bond donors (Lipinski definition) is 2. The number of nitrogen functional groups attached to an aromatic ring is 1. The van der Waals surface area contributed by atoms with Gasteiger partial charge in [-0.2, -0.15) is 5.10 Å². The Kier molecular flexibility index (Phi) is 5.57. The van der Waals surface area contributed by atoms with Crippen molar-refractivity contribution in [1.29, 1.82) is 0 Å². The van der Waals surface area contributed by atoms with Crippen LogP contribution in [0.5, 0.6) is 0 Å². The monoisotopic (exact) mass is 414 g/mol. The molecule has 3 N–H and O–H groups in total. The predicted octanol–water partition coefficient (Wildman–Crippen LogP) is 3.93. The Bertz CT molecular complexity index is 1300. The highest BCUT2D eigenvalue weighted by molar-refractivity contribution is 6.05. The number of hydrogen-bond acceptors (Lipinski definition) is 4. The molecule has 0 aliphatic rings. The van der Waals surface area contributed by atoms with E-state index in [1.165, 1.54) is 22.9 Å². The molecule has 1 aromatic heterocycles. The Balaban J connectivity index is 1.52. The zero-order valence-corrected chi connectivity index (χ0v) is 16.5. The minimum absolute atomic E-state index is 0.189. The Morgan fingerprint density at radius 1 is 0.935 bits per heavy atom. The third-order valence-corrected chi connectivity index (χ3v) is 4.77. The lowest BCUT2D eigenvalue weighted by atomic mass is 10.1. The molecule has 31 heavy (non-hydrogen) atoms. The Morgan fingerprint density at radius 3 is 2.39 bits per heavy atom. The highest BCUT2D eigenvalue weighted by atomic mass is 19.1. The number of nitrogens with one attached hydrogen (secondary N) is 1. The summed E-state index contributed by atoms with van der Waals surface area (Å²) >= 11 is 0. The molecule has 6 nitrogen and oxygen atoms in total. The molecule has 4 rings (SSSR count). The van der Waals surface area contributed by atoms with E-state index in [0.717, 1.165) is 5.56 Å². The van der Waals surface area contributed by atoms with Crippen LogP contribution in [0, 0.1) is 5.82 Å². The summed E-state index contributed by atoms with van der Waals surface area (Å²) in [7, 11) is 0. The zero-order chi connectivity index (χ0) is 21.8. The van der Waals surface area contributed by atoms with Gasteiger partial charge in [-0.1, -0.05) is 36.4 Å². The second-order valence-electron chi connectivity index (χ2n) is 6.93. The van der Waals surface area contributed by atoms with E-state index in [0.29, 0.717) is 28.2 Å². The van der Waals surface area contributed by atoms with E-state index < -0.39 is 5.82 Å². The van der Waals surface area contributed by atoms with Crippen LogP contribution >= 0.6 is 0 Å². The smallest absolute Gasteiger partial charge is 0.267 e. The lowest BCUT2D eigenvalue weighted by Gasteiger charge is -2.10. The van der Waals surface area contributed by atoms with Crippen LogP contribution in [0.1, 0.15) is 15.9 Å². The van der Waals surface area contributed by atoms with E-state index >= 15 is 0 Å². The number of benzene rings is 3. The lowest BCUT2D eigenvalue weighted by Crippen LogP contribution is -2.23. The average Bonchev–Trinajstić information content (AvgIpc) is 2.78. The minimum Gasteiger partial charge on any atom is -0.397 e. The second kappa shape index (κ2) is 8.62. The van der Waals surface area contributed by atoms with Gasteiger partial charge in [0, 0.05) is 17.2 Å². The van der Waals surface area contributed by atoms with Gasteiger partial charge >= 0.3 is 0 Å². The molecule has 0 atom stereocenters. The van der Waals surface area contributed by atoms with Crippen molar-refractivity contribution in [2.75, 3.05) is 11.1 Å². The maximum atomic E-state index is 14.1. The van der Waals surface area contributed by atoms with E-state index in [-0.39, 0.29) is 18.0 Å². The van der Waals surface area contributed by atoms with Crippen molar-refractivity contribution in [3.8, 4) is 11.3 Å². The van der Waals surface area contributed by atoms with Gasteiger partial charge in [0.25, 0.3) is 11.5 Å². The zero-order valence-electron chi connectivity index (χ0n) is 16.5. The van der Waals surface area contributed by atoms with Crippen LogP contribution in [0.4, 0.5) is 15.8 Å². The van der Waals surface area contributed by atoms with Crippen molar-refractivity contribution in [3.63, 3.8) is 0 Å². The van der Waals surface area contributed by atoms with Crippen LogP contribution in [-0.2, 0) is 6.54 Å². The molecule has 1 amide bonds. The van der Waals surface area contributed by atoms with Crippen LogP contribution in [0.25, 0.3) is 11.3 Å². The summed E-state index contributed by atoms with van der Waals surface area (Å²) in [6.07, 6.45) is 0. The Hall–Kier alpha value is -4.26. The van der Waals surface area contributed by atoms with Gasteiger partial charge in [0.15, 0.2) is 0 Å². The fourth-order valence-corrected chi connectivity index (χ4v) is 3.11. The minimum atomic E-state index is -0.408. The summed E-state index contributed by atoms with van der Waals surface area (Å²) in [4.78, 5) is 24.7. The summed E-state index contributed by atoms with van der Waals surface area (Å²) in [6, 6.07) is 22.9. The van der Waals surface area contributed by atoms with E-state index in [1.807, 2.05) is 0 Å². The molecule has 0 unspecified atom stereocenters. The molecule has 0 spiro atoms. The van der Waals surface area contributed by atoms with Crippen molar-refractivity contribution in [3.05, 3.63) is 112 Å². The molecule has 1 heterocycles. The molecule has 4 aromatic rings.